The Kier molecular flexibility index (Phi) is 5.55. The third-order valence-electron chi connectivity index (χ3n) is 3.35. The number of methoxy groups -OCH3 is 1. The van der Waals surface area contributed by atoms with Crippen molar-refractivity contribution in [1.82, 2.24) is 4.90 Å². The zero-order chi connectivity index (χ0) is 13.6. The molecule has 0 bridgehead atoms. The molecule has 18 heavy (non-hydrogen) atoms. The Morgan fingerprint density at radius 3 is 2.44 bits per heavy atom. The summed E-state index contributed by atoms with van der Waals surface area (Å²) in [5.41, 5.74) is 5.24. The molecule has 0 aromatic heterocycles. The molecule has 6 nitrogen and oxygen atoms in total. The number of rotatable bonds is 6. The Morgan fingerprint density at radius 2 is 1.94 bits per heavy atom. The summed E-state index contributed by atoms with van der Waals surface area (Å²) < 4.78 is 4.90. The van der Waals surface area contributed by atoms with E-state index in [1.54, 1.807) is 0 Å². The quantitative estimate of drug-likeness (QED) is 0.710. The summed E-state index contributed by atoms with van der Waals surface area (Å²) in [6, 6.07) is 0. The van der Waals surface area contributed by atoms with Gasteiger partial charge in [0.15, 0.2) is 0 Å². The van der Waals surface area contributed by atoms with Crippen molar-refractivity contribution < 1.29 is 19.4 Å². The molecule has 0 unspecified atom stereocenters. The fraction of sp³-hybridized carbons (Fsp3) is 0.833. The highest BCUT2D eigenvalue weighted by Gasteiger charge is 2.38. The van der Waals surface area contributed by atoms with Crippen LogP contribution in [-0.2, 0) is 14.3 Å². The van der Waals surface area contributed by atoms with Crippen LogP contribution >= 0.6 is 0 Å². The van der Waals surface area contributed by atoms with Crippen LogP contribution in [0.15, 0.2) is 0 Å². The van der Waals surface area contributed by atoms with Crippen LogP contribution in [0.2, 0.25) is 0 Å². The molecule has 104 valence electrons. The second kappa shape index (κ2) is 6.70. The molecule has 1 aliphatic carbocycles. The zero-order valence-electron chi connectivity index (χ0n) is 10.9. The van der Waals surface area contributed by atoms with Crippen molar-refractivity contribution in [3.05, 3.63) is 0 Å². The van der Waals surface area contributed by atoms with E-state index in [1.807, 2.05) is 0 Å². The number of hydrogen-bond donors (Lipinski definition) is 2. The lowest BCUT2D eigenvalue weighted by molar-refractivity contribution is -0.148. The van der Waals surface area contributed by atoms with Gasteiger partial charge in [-0.1, -0.05) is 19.3 Å². The summed E-state index contributed by atoms with van der Waals surface area (Å²) in [7, 11) is 1.52. The van der Waals surface area contributed by atoms with Gasteiger partial charge in [-0.2, -0.15) is 0 Å². The first-order valence-electron chi connectivity index (χ1n) is 6.28. The highest BCUT2D eigenvalue weighted by molar-refractivity contribution is 5.88. The van der Waals surface area contributed by atoms with Gasteiger partial charge >= 0.3 is 5.97 Å². The molecule has 0 atom stereocenters. The fourth-order valence-electron chi connectivity index (χ4n) is 2.33. The summed E-state index contributed by atoms with van der Waals surface area (Å²) in [5.74, 6) is -1.29. The molecule has 6 heteroatoms. The third-order valence-corrected chi connectivity index (χ3v) is 3.35. The highest BCUT2D eigenvalue weighted by atomic mass is 16.5. The summed E-state index contributed by atoms with van der Waals surface area (Å²) in [5, 5.41) is 8.84. The Labute approximate surface area is 107 Å². The summed E-state index contributed by atoms with van der Waals surface area (Å²) >= 11 is 0. The van der Waals surface area contributed by atoms with E-state index in [1.165, 1.54) is 12.0 Å². The van der Waals surface area contributed by atoms with Crippen molar-refractivity contribution >= 4 is 11.9 Å². The van der Waals surface area contributed by atoms with E-state index in [-0.39, 0.29) is 19.0 Å². The van der Waals surface area contributed by atoms with Gasteiger partial charge in [-0.05, 0) is 12.8 Å². The lowest BCUT2D eigenvalue weighted by atomic mass is 9.81. The first kappa shape index (κ1) is 14.9. The van der Waals surface area contributed by atoms with Crippen LogP contribution in [0.1, 0.15) is 32.1 Å². The molecule has 0 heterocycles. The SMILES string of the molecule is COCCN(CC(=O)O)C(=O)C1(N)CCCCC1. The van der Waals surface area contributed by atoms with Gasteiger partial charge in [-0.25, -0.2) is 0 Å². The van der Waals surface area contributed by atoms with Crippen LogP contribution in [0.3, 0.4) is 0 Å². The lowest BCUT2D eigenvalue weighted by Crippen LogP contribution is -2.57. The Balaban J connectivity index is 2.69. The van der Waals surface area contributed by atoms with E-state index in [0.717, 1.165) is 19.3 Å². The first-order valence-corrected chi connectivity index (χ1v) is 6.28. The minimum absolute atomic E-state index is 0.262. The van der Waals surface area contributed by atoms with E-state index in [0.29, 0.717) is 19.4 Å². The van der Waals surface area contributed by atoms with Crippen LogP contribution < -0.4 is 5.73 Å². The molecule has 0 radical (unpaired) electrons. The lowest BCUT2D eigenvalue weighted by Gasteiger charge is -2.36. The molecule has 1 saturated carbocycles. The number of nitrogens with zero attached hydrogens (tertiary/aromatic N) is 1. The fourth-order valence-corrected chi connectivity index (χ4v) is 2.33. The maximum Gasteiger partial charge on any atom is 0.323 e. The van der Waals surface area contributed by atoms with E-state index < -0.39 is 11.5 Å². The molecule has 0 aromatic rings. The standard InChI is InChI=1S/C12H22N2O4/c1-18-8-7-14(9-10(15)16)11(17)12(13)5-3-2-4-6-12/h2-9,13H2,1H3,(H,15,16). The molecular weight excluding hydrogens is 236 g/mol. The predicted octanol–water partition coefficient (Wildman–Crippen LogP) is 0.208. The van der Waals surface area contributed by atoms with Crippen LogP contribution in [0.25, 0.3) is 0 Å². The average molecular weight is 258 g/mol. The second-order valence-electron chi connectivity index (χ2n) is 4.83. The number of hydrogen-bond acceptors (Lipinski definition) is 4. The molecule has 0 aliphatic heterocycles. The summed E-state index contributed by atoms with van der Waals surface area (Å²) in [6.07, 6.45) is 4.20. The largest absolute Gasteiger partial charge is 0.480 e. The highest BCUT2D eigenvalue weighted by Crippen LogP contribution is 2.27. The van der Waals surface area contributed by atoms with E-state index in [9.17, 15) is 9.59 Å². The molecular formula is C12H22N2O4. The van der Waals surface area contributed by atoms with Crippen molar-refractivity contribution in [3.8, 4) is 0 Å². The molecule has 1 fully saturated rings. The number of carbonyl (C=O) groups is 2. The monoisotopic (exact) mass is 258 g/mol. The molecule has 0 spiro atoms. The molecule has 0 aromatic carbocycles. The van der Waals surface area contributed by atoms with Crippen molar-refractivity contribution in [2.45, 2.75) is 37.6 Å². The summed E-state index contributed by atoms with van der Waals surface area (Å²) in [6.45, 7) is 0.261. The van der Waals surface area contributed by atoms with E-state index >= 15 is 0 Å². The van der Waals surface area contributed by atoms with Gasteiger partial charge < -0.3 is 20.5 Å². The minimum Gasteiger partial charge on any atom is -0.480 e. The Bertz CT molecular complexity index is 300. The number of carboxylic acid groups (broad SMARTS) is 1. The normalized spacial score (nSPS) is 18.3. The zero-order valence-corrected chi connectivity index (χ0v) is 10.9. The van der Waals surface area contributed by atoms with Crippen molar-refractivity contribution in [1.29, 1.82) is 0 Å². The van der Waals surface area contributed by atoms with Gasteiger partial charge in [0, 0.05) is 13.7 Å². The van der Waals surface area contributed by atoms with Crippen LogP contribution in [0.4, 0.5) is 0 Å². The minimum atomic E-state index is -1.03. The second-order valence-corrected chi connectivity index (χ2v) is 4.83. The molecule has 3 N–H and O–H groups in total. The number of aliphatic carboxylic acids is 1. The first-order chi connectivity index (χ1) is 8.49. The molecule has 1 amide bonds. The average Bonchev–Trinajstić information content (AvgIpc) is 2.34. The van der Waals surface area contributed by atoms with Gasteiger partial charge in [0.05, 0.1) is 12.1 Å². The molecule has 1 rings (SSSR count). The number of carboxylic acids is 1. The van der Waals surface area contributed by atoms with Gasteiger partial charge in [0.2, 0.25) is 5.91 Å². The van der Waals surface area contributed by atoms with E-state index in [2.05, 4.69) is 0 Å². The third kappa shape index (κ3) is 3.96. The van der Waals surface area contributed by atoms with E-state index in [4.69, 9.17) is 15.6 Å². The summed E-state index contributed by atoms with van der Waals surface area (Å²) in [4.78, 5) is 24.4. The number of carbonyl (C=O) groups excluding carboxylic acids is 1. The number of ether oxygens (including phenoxy) is 1. The number of amides is 1. The van der Waals surface area contributed by atoms with Crippen LogP contribution in [0, 0.1) is 0 Å². The Morgan fingerprint density at radius 1 is 1.33 bits per heavy atom. The topological polar surface area (TPSA) is 92.9 Å². The van der Waals surface area contributed by atoms with Crippen molar-refractivity contribution in [2.24, 2.45) is 5.73 Å². The maximum atomic E-state index is 12.3. The molecule has 0 saturated heterocycles. The maximum absolute atomic E-state index is 12.3. The predicted molar refractivity (Wildman–Crippen MR) is 66.1 cm³/mol. The van der Waals surface area contributed by atoms with Gasteiger partial charge in [-0.3, -0.25) is 9.59 Å². The van der Waals surface area contributed by atoms with Gasteiger partial charge in [0.25, 0.3) is 0 Å². The van der Waals surface area contributed by atoms with Crippen LogP contribution in [-0.4, -0.2) is 54.2 Å². The smallest absolute Gasteiger partial charge is 0.323 e. The van der Waals surface area contributed by atoms with Gasteiger partial charge in [-0.15, -0.1) is 0 Å². The van der Waals surface area contributed by atoms with Gasteiger partial charge in [0.1, 0.15) is 6.54 Å². The Hall–Kier alpha value is -1.14. The van der Waals surface area contributed by atoms with Crippen LogP contribution in [0.5, 0.6) is 0 Å². The van der Waals surface area contributed by atoms with Crippen molar-refractivity contribution in [3.63, 3.8) is 0 Å². The number of nitrogens with two attached hydrogens (primary N) is 1. The molecule has 1 aliphatic rings. The van der Waals surface area contributed by atoms with Crippen molar-refractivity contribution in [2.75, 3.05) is 26.8 Å².